The van der Waals surface area contributed by atoms with E-state index in [4.69, 9.17) is 5.73 Å². The van der Waals surface area contributed by atoms with E-state index >= 15 is 0 Å². The third kappa shape index (κ3) is 5.73. The minimum absolute atomic E-state index is 0.284. The predicted molar refractivity (Wildman–Crippen MR) is 87.6 cm³/mol. The molecule has 0 aliphatic heterocycles. The molecule has 0 atom stereocenters. The molecule has 6 heteroatoms. The van der Waals surface area contributed by atoms with E-state index in [9.17, 15) is 8.42 Å². The van der Waals surface area contributed by atoms with Crippen molar-refractivity contribution in [2.75, 3.05) is 24.3 Å². The molecule has 1 rings (SSSR count). The molecule has 0 amide bonds. The van der Waals surface area contributed by atoms with Crippen molar-refractivity contribution in [3.05, 3.63) is 23.8 Å². The monoisotopic (exact) mass is 316 g/mol. The lowest BCUT2D eigenvalue weighted by Crippen LogP contribution is -2.24. The van der Waals surface area contributed by atoms with E-state index in [-0.39, 0.29) is 4.90 Å². The van der Waals surface area contributed by atoms with Gasteiger partial charge in [-0.1, -0.05) is 12.8 Å². The highest BCUT2D eigenvalue weighted by Gasteiger charge is 2.13. The summed E-state index contributed by atoms with van der Waals surface area (Å²) in [7, 11) is -3.41. The number of hydrogen-bond acceptors (Lipinski definition) is 4. The van der Waals surface area contributed by atoms with Crippen molar-refractivity contribution in [1.82, 2.24) is 4.72 Å². The summed E-state index contributed by atoms with van der Waals surface area (Å²) in [5.41, 5.74) is 7.09. The van der Waals surface area contributed by atoms with Crippen molar-refractivity contribution < 1.29 is 8.42 Å². The van der Waals surface area contributed by atoms with E-state index in [1.165, 1.54) is 12.2 Å². The van der Waals surface area contributed by atoms with Crippen LogP contribution in [-0.2, 0) is 10.0 Å². The minimum atomic E-state index is -3.41. The number of nitrogens with two attached hydrogens (primary N) is 1. The van der Waals surface area contributed by atoms with Crippen molar-refractivity contribution in [3.63, 3.8) is 0 Å². The molecule has 0 bridgehead atoms. The molecule has 0 heterocycles. The van der Waals surface area contributed by atoms with E-state index in [2.05, 4.69) is 11.0 Å². The van der Waals surface area contributed by atoms with Crippen LogP contribution in [0.4, 0.5) is 5.69 Å². The number of benzene rings is 1. The summed E-state index contributed by atoms with van der Waals surface area (Å²) < 4.78 is 26.8. The van der Waals surface area contributed by atoms with E-state index in [0.717, 1.165) is 24.8 Å². The Morgan fingerprint density at radius 3 is 2.55 bits per heavy atom. The second-order valence-corrected chi connectivity index (χ2v) is 7.58. The van der Waals surface area contributed by atoms with Gasteiger partial charge in [-0.15, -0.1) is 0 Å². The van der Waals surface area contributed by atoms with Crippen LogP contribution < -0.4 is 10.5 Å². The van der Waals surface area contributed by atoms with Gasteiger partial charge in [-0.05, 0) is 55.5 Å². The first-order valence-corrected chi connectivity index (χ1v) is 9.70. The lowest BCUT2D eigenvalue weighted by molar-refractivity contribution is 0.574. The smallest absolute Gasteiger partial charge is 0.240 e. The largest absolute Gasteiger partial charge is 0.399 e. The molecule has 0 aliphatic carbocycles. The van der Waals surface area contributed by atoms with Crippen molar-refractivity contribution in [3.8, 4) is 0 Å². The molecule has 0 fully saturated rings. The summed E-state index contributed by atoms with van der Waals surface area (Å²) in [6.45, 7) is 2.30. The van der Waals surface area contributed by atoms with Gasteiger partial charge in [0.05, 0.1) is 4.90 Å². The van der Waals surface area contributed by atoms with Crippen LogP contribution in [-0.4, -0.2) is 27.0 Å². The maximum atomic E-state index is 12.1. The lowest BCUT2D eigenvalue weighted by Gasteiger charge is -2.08. The van der Waals surface area contributed by atoms with Crippen LogP contribution in [0.3, 0.4) is 0 Å². The topological polar surface area (TPSA) is 72.2 Å². The number of nitrogens with one attached hydrogen (secondary N) is 1. The summed E-state index contributed by atoms with van der Waals surface area (Å²) in [6.07, 6.45) is 6.39. The van der Waals surface area contributed by atoms with Gasteiger partial charge < -0.3 is 5.73 Å². The number of aryl methyl sites for hydroxylation is 1. The first kappa shape index (κ1) is 17.3. The van der Waals surface area contributed by atoms with Crippen LogP contribution in [0.5, 0.6) is 0 Å². The van der Waals surface area contributed by atoms with Crippen LogP contribution in [0.1, 0.15) is 31.2 Å². The predicted octanol–water partition coefficient (Wildman–Crippen LogP) is 2.78. The maximum Gasteiger partial charge on any atom is 0.240 e. The highest BCUT2D eigenvalue weighted by molar-refractivity contribution is 7.98. The molecular formula is C14H24N2O2S2. The average molecular weight is 316 g/mol. The summed E-state index contributed by atoms with van der Waals surface area (Å²) in [6, 6.07) is 4.78. The van der Waals surface area contributed by atoms with Gasteiger partial charge in [-0.25, -0.2) is 13.1 Å². The molecule has 0 saturated heterocycles. The number of nitrogen functional groups attached to an aromatic ring is 1. The Balaban J connectivity index is 2.40. The Hall–Kier alpha value is -0.720. The van der Waals surface area contributed by atoms with Crippen molar-refractivity contribution in [2.45, 2.75) is 37.5 Å². The SMILES string of the molecule is CSCCCCCCNS(=O)(=O)c1ccc(N)c(C)c1. The average Bonchev–Trinajstić information content (AvgIpc) is 2.40. The summed E-state index contributed by atoms with van der Waals surface area (Å²) in [5.74, 6) is 1.18. The Morgan fingerprint density at radius 2 is 1.90 bits per heavy atom. The Morgan fingerprint density at radius 1 is 1.20 bits per heavy atom. The zero-order chi connectivity index (χ0) is 15.0. The number of anilines is 1. The quantitative estimate of drug-likeness (QED) is 0.543. The van der Waals surface area contributed by atoms with Gasteiger partial charge in [0.1, 0.15) is 0 Å². The molecule has 0 saturated carbocycles. The Kier molecular flexibility index (Phi) is 7.40. The van der Waals surface area contributed by atoms with Gasteiger partial charge in [0.2, 0.25) is 10.0 Å². The van der Waals surface area contributed by atoms with Crippen molar-refractivity contribution in [2.24, 2.45) is 0 Å². The van der Waals surface area contributed by atoms with Crippen LogP contribution in [0.25, 0.3) is 0 Å². The highest BCUT2D eigenvalue weighted by Crippen LogP contribution is 2.16. The number of rotatable bonds is 9. The fraction of sp³-hybridized carbons (Fsp3) is 0.571. The van der Waals surface area contributed by atoms with Gasteiger partial charge >= 0.3 is 0 Å². The fourth-order valence-corrected chi connectivity index (χ4v) is 3.48. The van der Waals surface area contributed by atoms with Crippen LogP contribution in [0.2, 0.25) is 0 Å². The summed E-state index contributed by atoms with van der Waals surface area (Å²) in [5, 5.41) is 0. The van der Waals surface area contributed by atoms with Crippen LogP contribution >= 0.6 is 11.8 Å². The number of thioether (sulfide) groups is 1. The Labute approximate surface area is 126 Å². The molecule has 0 aromatic heterocycles. The van der Waals surface area contributed by atoms with Gasteiger partial charge in [0, 0.05) is 12.2 Å². The first-order valence-electron chi connectivity index (χ1n) is 6.82. The van der Waals surface area contributed by atoms with E-state index in [1.807, 2.05) is 11.8 Å². The molecule has 20 heavy (non-hydrogen) atoms. The summed E-state index contributed by atoms with van der Waals surface area (Å²) in [4.78, 5) is 0.284. The summed E-state index contributed by atoms with van der Waals surface area (Å²) >= 11 is 1.85. The minimum Gasteiger partial charge on any atom is -0.399 e. The molecule has 4 nitrogen and oxygen atoms in total. The number of sulfonamides is 1. The third-order valence-electron chi connectivity index (χ3n) is 3.12. The molecule has 3 N–H and O–H groups in total. The van der Waals surface area contributed by atoms with Crippen molar-refractivity contribution in [1.29, 1.82) is 0 Å². The molecule has 0 unspecified atom stereocenters. The zero-order valence-corrected chi connectivity index (χ0v) is 13.8. The molecule has 114 valence electrons. The van der Waals surface area contributed by atoms with Gasteiger partial charge in [0.25, 0.3) is 0 Å². The molecule has 1 aromatic carbocycles. The molecular weight excluding hydrogens is 292 g/mol. The maximum absolute atomic E-state index is 12.1. The second-order valence-electron chi connectivity index (χ2n) is 4.82. The van der Waals surface area contributed by atoms with Crippen LogP contribution in [0.15, 0.2) is 23.1 Å². The van der Waals surface area contributed by atoms with Gasteiger partial charge in [-0.2, -0.15) is 11.8 Å². The van der Waals surface area contributed by atoms with Crippen LogP contribution in [0, 0.1) is 6.92 Å². The molecule has 0 spiro atoms. The highest BCUT2D eigenvalue weighted by atomic mass is 32.2. The van der Waals surface area contributed by atoms with Gasteiger partial charge in [0.15, 0.2) is 0 Å². The second kappa shape index (κ2) is 8.54. The van der Waals surface area contributed by atoms with Crippen molar-refractivity contribution >= 4 is 27.5 Å². The molecule has 0 radical (unpaired) electrons. The zero-order valence-electron chi connectivity index (χ0n) is 12.2. The number of hydrogen-bond donors (Lipinski definition) is 2. The van der Waals surface area contributed by atoms with Gasteiger partial charge in [-0.3, -0.25) is 0 Å². The number of unbranched alkanes of at least 4 members (excludes halogenated alkanes) is 3. The fourth-order valence-electron chi connectivity index (χ4n) is 1.83. The van der Waals surface area contributed by atoms with E-state index < -0.39 is 10.0 Å². The molecule has 0 aliphatic rings. The first-order chi connectivity index (χ1) is 9.47. The Bertz CT molecular complexity index is 516. The lowest BCUT2D eigenvalue weighted by atomic mass is 10.2. The van der Waals surface area contributed by atoms with E-state index in [0.29, 0.717) is 12.2 Å². The molecule has 1 aromatic rings. The standard InChI is InChI=1S/C14H24N2O2S2/c1-12-11-13(7-8-14(12)15)20(17,18)16-9-5-3-4-6-10-19-2/h7-8,11,16H,3-6,9-10,15H2,1-2H3. The third-order valence-corrected chi connectivity index (χ3v) is 5.27. The normalized spacial score (nSPS) is 11.7. The van der Waals surface area contributed by atoms with E-state index in [1.54, 1.807) is 25.1 Å².